The molecule has 1 aliphatic rings. The second-order valence-corrected chi connectivity index (χ2v) is 6.67. The van der Waals surface area contributed by atoms with Crippen molar-refractivity contribution in [1.29, 1.82) is 0 Å². The van der Waals surface area contributed by atoms with Gasteiger partial charge in [0.05, 0.1) is 0 Å². The molecule has 1 atom stereocenters. The van der Waals surface area contributed by atoms with Crippen LogP contribution in [-0.2, 0) is 22.6 Å². The zero-order valence-electron chi connectivity index (χ0n) is 14.9. The van der Waals surface area contributed by atoms with Gasteiger partial charge < -0.3 is 15.3 Å². The number of hydrogen-bond donors (Lipinski definition) is 2. The molecular weight excluding hydrogens is 344 g/mol. The van der Waals surface area contributed by atoms with E-state index in [1.807, 2.05) is 36.4 Å². The molecule has 0 bridgehead atoms. The first-order valence-corrected chi connectivity index (χ1v) is 8.97. The summed E-state index contributed by atoms with van der Waals surface area (Å²) in [6.07, 6.45) is 1.64. The molecule has 0 radical (unpaired) electrons. The summed E-state index contributed by atoms with van der Waals surface area (Å²) in [5, 5.41) is 12.0. The average Bonchev–Trinajstić information content (AvgIpc) is 3.06. The Morgan fingerprint density at radius 1 is 1.07 bits per heavy atom. The number of nitrogens with zero attached hydrogens (tertiary/aromatic N) is 1. The van der Waals surface area contributed by atoms with Crippen molar-refractivity contribution in [1.82, 2.24) is 10.2 Å². The Labute approximate surface area is 157 Å². The number of rotatable bonds is 7. The fraction of sp³-hybridized carbons (Fsp3) is 0.286. The zero-order valence-corrected chi connectivity index (χ0v) is 14.9. The van der Waals surface area contributed by atoms with Crippen molar-refractivity contribution < 1.29 is 19.5 Å². The maximum absolute atomic E-state index is 12.5. The van der Waals surface area contributed by atoms with E-state index in [0.717, 1.165) is 24.1 Å². The highest BCUT2D eigenvalue weighted by atomic mass is 16.4. The van der Waals surface area contributed by atoms with Gasteiger partial charge >= 0.3 is 5.97 Å². The first kappa shape index (κ1) is 18.6. The first-order chi connectivity index (χ1) is 13.0. The summed E-state index contributed by atoms with van der Waals surface area (Å²) in [5.74, 6) is -1.39. The van der Waals surface area contributed by atoms with Gasteiger partial charge in [0.15, 0.2) is 0 Å². The SMILES string of the molecule is O=C(N[C@@H](Cc1ccccc1)C(=O)O)c1cccc(CN2CCCC2=O)c1. The first-order valence-electron chi connectivity index (χ1n) is 8.97. The van der Waals surface area contributed by atoms with Crippen LogP contribution in [-0.4, -0.2) is 40.4 Å². The number of carboxylic acids is 1. The number of likely N-dealkylation sites (tertiary alicyclic amines) is 1. The zero-order chi connectivity index (χ0) is 19.2. The van der Waals surface area contributed by atoms with E-state index in [0.29, 0.717) is 18.5 Å². The largest absolute Gasteiger partial charge is 0.480 e. The van der Waals surface area contributed by atoms with E-state index >= 15 is 0 Å². The highest BCUT2D eigenvalue weighted by Crippen LogP contribution is 2.15. The van der Waals surface area contributed by atoms with Crippen molar-refractivity contribution in [2.75, 3.05) is 6.54 Å². The number of aliphatic carboxylic acids is 1. The third-order valence-corrected chi connectivity index (χ3v) is 4.62. The summed E-state index contributed by atoms with van der Waals surface area (Å²) in [7, 11) is 0. The molecule has 0 saturated carbocycles. The maximum atomic E-state index is 12.5. The molecule has 1 fully saturated rings. The molecule has 1 aliphatic heterocycles. The maximum Gasteiger partial charge on any atom is 0.326 e. The number of benzene rings is 2. The Bertz CT molecular complexity index is 835. The molecule has 0 unspecified atom stereocenters. The van der Waals surface area contributed by atoms with Crippen molar-refractivity contribution >= 4 is 17.8 Å². The van der Waals surface area contributed by atoms with Gasteiger partial charge in [-0.3, -0.25) is 9.59 Å². The number of hydrogen-bond acceptors (Lipinski definition) is 3. The molecule has 2 aromatic carbocycles. The molecule has 1 saturated heterocycles. The molecule has 2 amide bonds. The Hall–Kier alpha value is -3.15. The molecule has 140 valence electrons. The minimum Gasteiger partial charge on any atom is -0.480 e. The second-order valence-electron chi connectivity index (χ2n) is 6.67. The summed E-state index contributed by atoms with van der Waals surface area (Å²) < 4.78 is 0. The van der Waals surface area contributed by atoms with Crippen LogP contribution in [0, 0.1) is 0 Å². The topological polar surface area (TPSA) is 86.7 Å². The van der Waals surface area contributed by atoms with Crippen LogP contribution < -0.4 is 5.32 Å². The third-order valence-electron chi connectivity index (χ3n) is 4.62. The smallest absolute Gasteiger partial charge is 0.326 e. The van der Waals surface area contributed by atoms with Crippen LogP contribution in [0.1, 0.15) is 34.3 Å². The number of nitrogens with one attached hydrogen (secondary N) is 1. The molecule has 1 heterocycles. The van der Waals surface area contributed by atoms with Gasteiger partial charge in [-0.25, -0.2) is 4.79 Å². The Kier molecular flexibility index (Phi) is 5.86. The van der Waals surface area contributed by atoms with Crippen LogP contribution in [0.15, 0.2) is 54.6 Å². The van der Waals surface area contributed by atoms with Crippen LogP contribution in [0.5, 0.6) is 0 Å². The van der Waals surface area contributed by atoms with Gasteiger partial charge in [0.1, 0.15) is 6.04 Å². The van der Waals surface area contributed by atoms with Crippen LogP contribution in [0.3, 0.4) is 0 Å². The summed E-state index contributed by atoms with van der Waals surface area (Å²) >= 11 is 0. The quantitative estimate of drug-likeness (QED) is 0.787. The fourth-order valence-electron chi connectivity index (χ4n) is 3.19. The van der Waals surface area contributed by atoms with Crippen molar-refractivity contribution in [3.8, 4) is 0 Å². The minimum atomic E-state index is -1.08. The molecular formula is C21H22N2O4. The van der Waals surface area contributed by atoms with E-state index in [9.17, 15) is 19.5 Å². The Morgan fingerprint density at radius 2 is 1.81 bits per heavy atom. The van der Waals surface area contributed by atoms with Crippen molar-refractivity contribution in [2.24, 2.45) is 0 Å². The molecule has 0 aliphatic carbocycles. The van der Waals surface area contributed by atoms with Crippen LogP contribution in [0.4, 0.5) is 0 Å². The van der Waals surface area contributed by atoms with E-state index < -0.39 is 17.9 Å². The van der Waals surface area contributed by atoms with Gasteiger partial charge in [-0.15, -0.1) is 0 Å². The van der Waals surface area contributed by atoms with Gasteiger partial charge in [0.2, 0.25) is 5.91 Å². The third kappa shape index (κ3) is 4.94. The lowest BCUT2D eigenvalue weighted by Crippen LogP contribution is -2.42. The predicted molar refractivity (Wildman–Crippen MR) is 100 cm³/mol. The molecule has 3 rings (SSSR count). The molecule has 0 spiro atoms. The number of carbonyl (C=O) groups excluding carboxylic acids is 2. The molecule has 6 nitrogen and oxygen atoms in total. The van der Waals surface area contributed by atoms with Crippen LogP contribution in [0.2, 0.25) is 0 Å². The number of amides is 2. The van der Waals surface area contributed by atoms with Crippen molar-refractivity contribution in [3.63, 3.8) is 0 Å². The van der Waals surface area contributed by atoms with Crippen LogP contribution in [0.25, 0.3) is 0 Å². The van der Waals surface area contributed by atoms with Gasteiger partial charge in [-0.1, -0.05) is 42.5 Å². The van der Waals surface area contributed by atoms with E-state index in [4.69, 9.17) is 0 Å². The summed E-state index contributed by atoms with van der Waals surface area (Å²) in [4.78, 5) is 37.6. The highest BCUT2D eigenvalue weighted by Gasteiger charge is 2.22. The normalized spacial score (nSPS) is 14.8. The molecule has 6 heteroatoms. The van der Waals surface area contributed by atoms with Crippen LogP contribution >= 0.6 is 0 Å². The Morgan fingerprint density at radius 3 is 2.48 bits per heavy atom. The lowest BCUT2D eigenvalue weighted by Gasteiger charge is -2.17. The summed E-state index contributed by atoms with van der Waals surface area (Å²) in [6, 6.07) is 15.1. The van der Waals surface area contributed by atoms with Crippen molar-refractivity contribution in [3.05, 3.63) is 71.3 Å². The monoisotopic (exact) mass is 366 g/mol. The predicted octanol–water partition coefficient (Wildman–Crippen LogP) is 2.23. The Balaban J connectivity index is 1.67. The van der Waals surface area contributed by atoms with Gasteiger partial charge in [-0.2, -0.15) is 0 Å². The van der Waals surface area contributed by atoms with Gasteiger partial charge in [-0.05, 0) is 29.7 Å². The summed E-state index contributed by atoms with van der Waals surface area (Å²) in [5.41, 5.74) is 2.08. The standard InChI is InChI=1S/C21H22N2O4/c24-19-10-5-11-23(19)14-16-8-4-9-17(12-16)20(25)22-18(21(26)27)13-15-6-2-1-3-7-15/h1-4,6-9,12,18H,5,10-11,13-14H2,(H,22,25)(H,26,27)/t18-/m0/s1. The minimum absolute atomic E-state index is 0.124. The van der Waals surface area contributed by atoms with Crippen molar-refractivity contribution in [2.45, 2.75) is 31.8 Å². The van der Waals surface area contributed by atoms with E-state index in [2.05, 4.69) is 5.32 Å². The van der Waals surface area contributed by atoms with Gasteiger partial charge in [0.25, 0.3) is 5.91 Å². The molecule has 0 aromatic heterocycles. The summed E-state index contributed by atoms with van der Waals surface area (Å²) in [6.45, 7) is 1.19. The lowest BCUT2D eigenvalue weighted by atomic mass is 10.0. The van der Waals surface area contributed by atoms with Gasteiger partial charge in [0, 0.05) is 31.5 Å². The van der Waals surface area contributed by atoms with E-state index in [1.165, 1.54) is 0 Å². The van der Waals surface area contributed by atoms with E-state index in [1.54, 1.807) is 23.1 Å². The molecule has 2 aromatic rings. The second kappa shape index (κ2) is 8.49. The fourth-order valence-corrected chi connectivity index (χ4v) is 3.19. The molecule has 27 heavy (non-hydrogen) atoms. The number of carboxylic acid groups (broad SMARTS) is 1. The average molecular weight is 366 g/mol. The number of carbonyl (C=O) groups is 3. The molecule has 2 N–H and O–H groups in total. The van der Waals surface area contributed by atoms with E-state index in [-0.39, 0.29) is 12.3 Å². The lowest BCUT2D eigenvalue weighted by molar-refractivity contribution is -0.139. The highest BCUT2D eigenvalue weighted by molar-refractivity contribution is 5.96.